The number of rotatable bonds is 5. The lowest BCUT2D eigenvalue weighted by atomic mass is 9.79. The van der Waals surface area contributed by atoms with Gasteiger partial charge in [-0.25, -0.2) is 0 Å². The van der Waals surface area contributed by atoms with Crippen LogP contribution in [0.1, 0.15) is 56.1 Å². The molecule has 1 aromatic rings. The van der Waals surface area contributed by atoms with Crippen LogP contribution in [0.3, 0.4) is 0 Å². The van der Waals surface area contributed by atoms with Crippen molar-refractivity contribution >= 4 is 47.2 Å². The highest BCUT2D eigenvalue weighted by atomic mass is 32.2. The third-order valence-corrected chi connectivity index (χ3v) is 6.32. The first-order chi connectivity index (χ1) is 11.0. The Labute approximate surface area is 152 Å². The van der Waals surface area contributed by atoms with Gasteiger partial charge in [-0.3, -0.25) is 9.59 Å². The van der Waals surface area contributed by atoms with Crippen molar-refractivity contribution in [2.45, 2.75) is 52.7 Å². The molecule has 1 aliphatic heterocycles. The standard InChI is InChI=1S/C17H23BO4S2/c1-11(19)15-8-7-14(24-15)9-13(10-23-12(2)20)18-21-16(3,4)17(5,6)22-18/h7-9H,10H2,1-6H3. The van der Waals surface area contributed by atoms with E-state index in [1.54, 1.807) is 13.8 Å². The first kappa shape index (κ1) is 19.4. The molecule has 1 aromatic heterocycles. The number of thioether (sulfide) groups is 1. The summed E-state index contributed by atoms with van der Waals surface area (Å²) in [5.74, 6) is 0.550. The highest BCUT2D eigenvalue weighted by molar-refractivity contribution is 8.13. The van der Waals surface area contributed by atoms with Crippen molar-refractivity contribution in [3.63, 3.8) is 0 Å². The smallest absolute Gasteiger partial charge is 0.400 e. The highest BCUT2D eigenvalue weighted by Gasteiger charge is 2.52. The van der Waals surface area contributed by atoms with Gasteiger partial charge in [0.1, 0.15) is 0 Å². The zero-order valence-corrected chi connectivity index (χ0v) is 16.6. The van der Waals surface area contributed by atoms with Crippen molar-refractivity contribution in [2.24, 2.45) is 0 Å². The number of carbonyl (C=O) groups is 2. The molecule has 0 saturated carbocycles. The van der Waals surface area contributed by atoms with Crippen molar-refractivity contribution in [1.82, 2.24) is 0 Å². The molecule has 1 aliphatic rings. The van der Waals surface area contributed by atoms with E-state index < -0.39 is 18.3 Å². The molecule has 0 radical (unpaired) electrons. The van der Waals surface area contributed by atoms with Gasteiger partial charge in [-0.15, -0.1) is 11.3 Å². The van der Waals surface area contributed by atoms with Crippen molar-refractivity contribution in [2.75, 3.05) is 5.75 Å². The fourth-order valence-corrected chi connectivity index (χ4v) is 3.63. The van der Waals surface area contributed by atoms with Crippen LogP contribution in [-0.4, -0.2) is 35.0 Å². The number of Topliss-reactive ketones (excluding diaryl/α,β-unsaturated/α-hetero) is 1. The minimum atomic E-state index is -0.496. The number of thiophene rings is 1. The molecule has 0 atom stereocenters. The lowest BCUT2D eigenvalue weighted by molar-refractivity contribution is -0.109. The Morgan fingerprint density at radius 1 is 1.17 bits per heavy atom. The molecule has 0 aromatic carbocycles. The molecule has 0 bridgehead atoms. The van der Waals surface area contributed by atoms with Crippen LogP contribution < -0.4 is 0 Å². The summed E-state index contributed by atoms with van der Waals surface area (Å²) in [5, 5.41) is 0.0491. The van der Waals surface area contributed by atoms with E-state index in [0.29, 0.717) is 10.6 Å². The van der Waals surface area contributed by atoms with Crippen LogP contribution >= 0.6 is 23.1 Å². The lowest BCUT2D eigenvalue weighted by Gasteiger charge is -2.32. The Kier molecular flexibility index (Phi) is 5.80. The molecular formula is C17H23BO4S2. The molecule has 0 amide bonds. The van der Waals surface area contributed by atoms with E-state index in [-0.39, 0.29) is 10.9 Å². The summed E-state index contributed by atoms with van der Waals surface area (Å²) >= 11 is 2.66. The van der Waals surface area contributed by atoms with Gasteiger partial charge in [0.15, 0.2) is 10.9 Å². The summed E-state index contributed by atoms with van der Waals surface area (Å²) in [7, 11) is -0.496. The van der Waals surface area contributed by atoms with Crippen LogP contribution in [0.15, 0.2) is 17.6 Å². The maximum atomic E-state index is 11.5. The van der Waals surface area contributed by atoms with Gasteiger partial charge in [0.05, 0.1) is 16.1 Å². The number of ketones is 1. The second-order valence-corrected chi connectivity index (χ2v) is 9.11. The molecule has 0 spiro atoms. The fourth-order valence-electron chi connectivity index (χ4n) is 2.16. The molecule has 0 aliphatic carbocycles. The normalized spacial score (nSPS) is 19.6. The molecule has 130 valence electrons. The van der Waals surface area contributed by atoms with Crippen LogP contribution in [0.25, 0.3) is 6.08 Å². The topological polar surface area (TPSA) is 52.6 Å². The molecule has 2 rings (SSSR count). The summed E-state index contributed by atoms with van der Waals surface area (Å²) in [6.07, 6.45) is 1.97. The molecule has 7 heteroatoms. The summed E-state index contributed by atoms with van der Waals surface area (Å²) < 4.78 is 12.2. The second-order valence-electron chi connectivity index (χ2n) is 6.85. The summed E-state index contributed by atoms with van der Waals surface area (Å²) in [6.45, 7) is 11.1. The van der Waals surface area contributed by atoms with Crippen molar-refractivity contribution < 1.29 is 18.9 Å². The van der Waals surface area contributed by atoms with E-state index in [1.165, 1.54) is 23.1 Å². The van der Waals surface area contributed by atoms with E-state index in [4.69, 9.17) is 9.31 Å². The molecule has 1 fully saturated rings. The van der Waals surface area contributed by atoms with Gasteiger partial charge < -0.3 is 9.31 Å². The Morgan fingerprint density at radius 2 is 1.75 bits per heavy atom. The number of hydrogen-bond donors (Lipinski definition) is 0. The molecule has 24 heavy (non-hydrogen) atoms. The monoisotopic (exact) mass is 366 g/mol. The zero-order chi connectivity index (χ0) is 18.1. The van der Waals surface area contributed by atoms with Crippen LogP contribution in [0.4, 0.5) is 0 Å². The van der Waals surface area contributed by atoms with E-state index >= 15 is 0 Å². The summed E-state index contributed by atoms with van der Waals surface area (Å²) in [6, 6.07) is 3.73. The van der Waals surface area contributed by atoms with Gasteiger partial charge in [0.25, 0.3) is 0 Å². The largest absolute Gasteiger partial charge is 0.491 e. The minimum Gasteiger partial charge on any atom is -0.400 e. The molecule has 0 unspecified atom stereocenters. The summed E-state index contributed by atoms with van der Waals surface area (Å²) in [5.41, 5.74) is 0.0285. The predicted molar refractivity (Wildman–Crippen MR) is 102 cm³/mol. The molecule has 4 nitrogen and oxygen atoms in total. The zero-order valence-electron chi connectivity index (χ0n) is 15.0. The Hall–Kier alpha value is -0.885. The van der Waals surface area contributed by atoms with Gasteiger partial charge in [0, 0.05) is 17.6 Å². The van der Waals surface area contributed by atoms with Gasteiger partial charge in [0.2, 0.25) is 0 Å². The quantitative estimate of drug-likeness (QED) is 0.576. The average Bonchev–Trinajstić information content (AvgIpc) is 2.97. The summed E-state index contributed by atoms with van der Waals surface area (Å²) in [4.78, 5) is 24.5. The minimum absolute atomic E-state index is 0.0491. The molecule has 1 saturated heterocycles. The van der Waals surface area contributed by atoms with Gasteiger partial charge >= 0.3 is 7.12 Å². The first-order valence-corrected chi connectivity index (χ1v) is 9.62. The van der Waals surface area contributed by atoms with E-state index in [1.807, 2.05) is 45.9 Å². The Bertz CT molecular complexity index is 660. The van der Waals surface area contributed by atoms with Gasteiger partial charge in [-0.05, 0) is 58.3 Å². The number of carbonyl (C=O) groups excluding carboxylic acids is 2. The molecular weight excluding hydrogens is 343 g/mol. The molecule has 2 heterocycles. The van der Waals surface area contributed by atoms with Crippen LogP contribution in [0.2, 0.25) is 0 Å². The van der Waals surface area contributed by atoms with Crippen LogP contribution in [-0.2, 0) is 14.1 Å². The molecule has 0 N–H and O–H groups in total. The van der Waals surface area contributed by atoms with Gasteiger partial charge in [-0.2, -0.15) is 0 Å². The highest BCUT2D eigenvalue weighted by Crippen LogP contribution is 2.39. The number of hydrogen-bond acceptors (Lipinski definition) is 6. The Balaban J connectivity index is 2.29. The van der Waals surface area contributed by atoms with Crippen LogP contribution in [0.5, 0.6) is 0 Å². The van der Waals surface area contributed by atoms with E-state index in [0.717, 1.165) is 10.3 Å². The van der Waals surface area contributed by atoms with Crippen molar-refractivity contribution in [3.05, 3.63) is 27.4 Å². The Morgan fingerprint density at radius 3 is 2.21 bits per heavy atom. The SMILES string of the molecule is CC(=O)SCC(=Cc1ccc(C(C)=O)s1)B1OC(C)(C)C(C)(C)O1. The third-order valence-electron chi connectivity index (χ3n) is 4.30. The second kappa shape index (κ2) is 7.16. The third kappa shape index (κ3) is 4.39. The predicted octanol–water partition coefficient (Wildman–Crippen LogP) is 4.25. The average molecular weight is 366 g/mol. The van der Waals surface area contributed by atoms with Gasteiger partial charge in [-0.1, -0.05) is 11.8 Å². The fraction of sp³-hybridized carbons (Fsp3) is 0.529. The maximum absolute atomic E-state index is 11.5. The van der Waals surface area contributed by atoms with Crippen LogP contribution in [0, 0.1) is 0 Å². The van der Waals surface area contributed by atoms with E-state index in [2.05, 4.69) is 0 Å². The van der Waals surface area contributed by atoms with E-state index in [9.17, 15) is 9.59 Å². The lowest BCUT2D eigenvalue weighted by Crippen LogP contribution is -2.41. The van der Waals surface area contributed by atoms with Crippen molar-refractivity contribution in [1.29, 1.82) is 0 Å². The first-order valence-electron chi connectivity index (χ1n) is 7.82. The maximum Gasteiger partial charge on any atom is 0.491 e. The van der Waals surface area contributed by atoms with Crippen molar-refractivity contribution in [3.8, 4) is 0 Å².